The van der Waals surface area contributed by atoms with Crippen molar-refractivity contribution < 1.29 is 14.6 Å². The first kappa shape index (κ1) is 15.6. The Morgan fingerprint density at radius 3 is 2.70 bits per heavy atom. The summed E-state index contributed by atoms with van der Waals surface area (Å²) in [7, 11) is 0. The Morgan fingerprint density at radius 2 is 1.96 bits per heavy atom. The van der Waals surface area contributed by atoms with Crippen molar-refractivity contribution in [2.75, 3.05) is 13.1 Å². The summed E-state index contributed by atoms with van der Waals surface area (Å²) in [5.41, 5.74) is 2.82. The van der Waals surface area contributed by atoms with Crippen LogP contribution in [0.25, 0.3) is 0 Å². The van der Waals surface area contributed by atoms with Crippen molar-refractivity contribution in [1.29, 1.82) is 0 Å². The second-order valence-electron chi connectivity index (χ2n) is 5.90. The van der Waals surface area contributed by atoms with Crippen LogP contribution in [0.4, 0.5) is 0 Å². The van der Waals surface area contributed by atoms with Crippen molar-refractivity contribution in [3.05, 3.63) is 65.2 Å². The van der Waals surface area contributed by atoms with Crippen molar-refractivity contribution in [3.8, 4) is 5.75 Å². The number of ether oxygens (including phenoxy) is 1. The molecule has 1 aliphatic heterocycles. The highest BCUT2D eigenvalue weighted by atomic mass is 16.5. The number of nitrogens with zero attached hydrogens (tertiary/aromatic N) is 1. The van der Waals surface area contributed by atoms with Gasteiger partial charge in [-0.2, -0.15) is 0 Å². The summed E-state index contributed by atoms with van der Waals surface area (Å²) in [4.78, 5) is 14.3. The van der Waals surface area contributed by atoms with Gasteiger partial charge in [-0.15, -0.1) is 0 Å². The molecule has 0 saturated carbocycles. The van der Waals surface area contributed by atoms with Gasteiger partial charge in [0.05, 0.1) is 11.7 Å². The minimum atomic E-state index is -0.418. The monoisotopic (exact) mass is 311 g/mol. The van der Waals surface area contributed by atoms with Crippen molar-refractivity contribution >= 4 is 5.91 Å². The molecule has 0 radical (unpaired) electrons. The lowest BCUT2D eigenvalue weighted by atomic mass is 10.1. The Balaban J connectivity index is 1.75. The Bertz CT molecular complexity index is 699. The summed E-state index contributed by atoms with van der Waals surface area (Å²) in [6.07, 6.45) is 0.219. The molecule has 0 aromatic heterocycles. The van der Waals surface area contributed by atoms with Gasteiger partial charge in [0.25, 0.3) is 5.91 Å². The molecule has 4 nitrogen and oxygen atoms in total. The van der Waals surface area contributed by atoms with Gasteiger partial charge in [0.15, 0.2) is 0 Å². The van der Waals surface area contributed by atoms with Gasteiger partial charge in [0.2, 0.25) is 0 Å². The largest absolute Gasteiger partial charge is 0.488 e. The van der Waals surface area contributed by atoms with Gasteiger partial charge in [0, 0.05) is 13.1 Å². The molecule has 120 valence electrons. The van der Waals surface area contributed by atoms with Crippen LogP contribution in [0.1, 0.15) is 27.9 Å². The van der Waals surface area contributed by atoms with E-state index in [1.54, 1.807) is 11.0 Å². The van der Waals surface area contributed by atoms with Crippen LogP contribution in [-0.4, -0.2) is 35.1 Å². The number of likely N-dealkylation sites (tertiary alicyclic amines) is 1. The molecule has 1 heterocycles. The van der Waals surface area contributed by atoms with Crippen LogP contribution in [-0.2, 0) is 6.61 Å². The molecule has 1 saturated heterocycles. The maximum absolute atomic E-state index is 12.6. The molecule has 1 atom stereocenters. The number of benzene rings is 2. The zero-order chi connectivity index (χ0) is 16.2. The fraction of sp³-hybridized carbons (Fsp3) is 0.316. The number of hydrogen-bond donors (Lipinski definition) is 1. The number of aliphatic hydroxyl groups is 1. The minimum Gasteiger partial charge on any atom is -0.488 e. The number of carbonyl (C=O) groups is 1. The van der Waals surface area contributed by atoms with Gasteiger partial charge >= 0.3 is 0 Å². The van der Waals surface area contributed by atoms with E-state index in [0.29, 0.717) is 37.4 Å². The van der Waals surface area contributed by atoms with Crippen LogP contribution in [0.15, 0.2) is 48.5 Å². The molecule has 0 spiro atoms. The normalized spacial score (nSPS) is 17.3. The van der Waals surface area contributed by atoms with Crippen molar-refractivity contribution in [1.82, 2.24) is 4.90 Å². The fourth-order valence-corrected chi connectivity index (χ4v) is 2.79. The van der Waals surface area contributed by atoms with E-state index in [9.17, 15) is 9.90 Å². The van der Waals surface area contributed by atoms with E-state index in [1.807, 2.05) is 49.4 Å². The van der Waals surface area contributed by atoms with Crippen LogP contribution in [0.5, 0.6) is 5.75 Å². The second kappa shape index (κ2) is 6.84. The lowest BCUT2D eigenvalue weighted by Crippen LogP contribution is -2.29. The van der Waals surface area contributed by atoms with E-state index >= 15 is 0 Å². The third-order valence-electron chi connectivity index (χ3n) is 4.21. The van der Waals surface area contributed by atoms with E-state index in [-0.39, 0.29) is 5.91 Å². The third kappa shape index (κ3) is 3.54. The smallest absolute Gasteiger partial charge is 0.257 e. The van der Waals surface area contributed by atoms with Crippen LogP contribution >= 0.6 is 0 Å². The van der Waals surface area contributed by atoms with Gasteiger partial charge in [-0.25, -0.2) is 0 Å². The third-order valence-corrected chi connectivity index (χ3v) is 4.21. The topological polar surface area (TPSA) is 49.8 Å². The minimum absolute atomic E-state index is 0.0815. The van der Waals surface area contributed by atoms with Gasteiger partial charge < -0.3 is 14.7 Å². The Hall–Kier alpha value is -2.33. The lowest BCUT2D eigenvalue weighted by Gasteiger charge is -2.18. The zero-order valence-corrected chi connectivity index (χ0v) is 13.2. The van der Waals surface area contributed by atoms with E-state index in [2.05, 4.69) is 0 Å². The summed E-state index contributed by atoms with van der Waals surface area (Å²) in [6, 6.07) is 15.3. The maximum atomic E-state index is 12.6. The van der Waals surface area contributed by atoms with Gasteiger partial charge in [0.1, 0.15) is 12.4 Å². The van der Waals surface area contributed by atoms with Crippen LogP contribution in [0, 0.1) is 6.92 Å². The maximum Gasteiger partial charge on any atom is 0.257 e. The second-order valence-corrected chi connectivity index (χ2v) is 5.90. The number of amides is 1. The predicted molar refractivity (Wildman–Crippen MR) is 88.5 cm³/mol. The molecule has 4 heteroatoms. The fourth-order valence-electron chi connectivity index (χ4n) is 2.79. The van der Waals surface area contributed by atoms with Gasteiger partial charge in [-0.1, -0.05) is 36.4 Å². The highest BCUT2D eigenvalue weighted by Gasteiger charge is 2.27. The molecule has 1 fully saturated rings. The molecular weight excluding hydrogens is 290 g/mol. The van der Waals surface area contributed by atoms with Crippen LogP contribution < -0.4 is 4.74 Å². The van der Waals surface area contributed by atoms with Crippen LogP contribution in [0.2, 0.25) is 0 Å². The average molecular weight is 311 g/mol. The molecule has 1 amide bonds. The molecule has 23 heavy (non-hydrogen) atoms. The van der Waals surface area contributed by atoms with Crippen molar-refractivity contribution in [2.45, 2.75) is 26.1 Å². The summed E-state index contributed by atoms with van der Waals surface area (Å²) < 4.78 is 5.90. The quantitative estimate of drug-likeness (QED) is 0.944. The SMILES string of the molecule is Cc1ccccc1COc1ccccc1C(=O)N1CC[C@H](O)C1. The van der Waals surface area contributed by atoms with E-state index in [0.717, 1.165) is 5.56 Å². The van der Waals surface area contributed by atoms with E-state index < -0.39 is 6.10 Å². The molecular formula is C19H21NO3. The molecule has 1 N–H and O–H groups in total. The van der Waals surface area contributed by atoms with Gasteiger partial charge in [-0.3, -0.25) is 4.79 Å². The number of aryl methyl sites for hydroxylation is 1. The van der Waals surface area contributed by atoms with E-state index in [1.165, 1.54) is 5.56 Å². The number of hydrogen-bond acceptors (Lipinski definition) is 3. The number of rotatable bonds is 4. The molecule has 3 rings (SSSR count). The molecule has 2 aromatic rings. The van der Waals surface area contributed by atoms with Crippen LogP contribution in [0.3, 0.4) is 0 Å². The summed E-state index contributed by atoms with van der Waals surface area (Å²) in [5, 5.41) is 9.62. The van der Waals surface area contributed by atoms with Gasteiger partial charge in [-0.05, 0) is 36.6 Å². The highest BCUT2D eigenvalue weighted by molar-refractivity contribution is 5.97. The molecule has 0 unspecified atom stereocenters. The standard InChI is InChI=1S/C19H21NO3/c1-14-6-2-3-7-15(14)13-23-18-9-5-4-8-17(18)19(22)20-11-10-16(21)12-20/h2-9,16,21H,10-13H2,1H3/t16-/m0/s1. The number of aliphatic hydroxyl groups excluding tert-OH is 1. The Morgan fingerprint density at radius 1 is 1.22 bits per heavy atom. The average Bonchev–Trinajstić information content (AvgIpc) is 3.00. The molecule has 1 aliphatic rings. The van der Waals surface area contributed by atoms with E-state index in [4.69, 9.17) is 4.74 Å². The summed E-state index contributed by atoms with van der Waals surface area (Å²) >= 11 is 0. The zero-order valence-electron chi connectivity index (χ0n) is 13.2. The molecule has 2 aromatic carbocycles. The summed E-state index contributed by atoms with van der Waals surface area (Å²) in [6.45, 7) is 3.46. The number of para-hydroxylation sites is 1. The first-order valence-corrected chi connectivity index (χ1v) is 7.89. The van der Waals surface area contributed by atoms with Crippen molar-refractivity contribution in [2.24, 2.45) is 0 Å². The summed E-state index contributed by atoms with van der Waals surface area (Å²) in [5.74, 6) is 0.504. The first-order chi connectivity index (χ1) is 11.1. The Kier molecular flexibility index (Phi) is 4.63. The Labute approximate surface area is 136 Å². The number of β-amino-alcohol motifs (C(OH)–C–C–N with tert-alkyl or cyclic N) is 1. The first-order valence-electron chi connectivity index (χ1n) is 7.89. The number of carbonyl (C=O) groups excluding carboxylic acids is 1. The highest BCUT2D eigenvalue weighted by Crippen LogP contribution is 2.23. The molecule has 0 bridgehead atoms. The predicted octanol–water partition coefficient (Wildman–Crippen LogP) is 2.78. The van der Waals surface area contributed by atoms with Crippen molar-refractivity contribution in [3.63, 3.8) is 0 Å². The lowest BCUT2D eigenvalue weighted by molar-refractivity contribution is 0.0760. The molecule has 0 aliphatic carbocycles.